The largest absolute Gasteiger partial charge is 0.260 e. The van der Waals surface area contributed by atoms with Crippen LogP contribution in [0.4, 0.5) is 0 Å². The molecule has 0 unspecified atom stereocenters. The van der Waals surface area contributed by atoms with E-state index in [2.05, 4.69) is 41.6 Å². The van der Waals surface area contributed by atoms with Crippen LogP contribution in [-0.4, -0.2) is 12.5 Å². The van der Waals surface area contributed by atoms with E-state index in [1.54, 1.807) is 11.8 Å². The fourth-order valence-corrected chi connectivity index (χ4v) is 1.57. The summed E-state index contributed by atoms with van der Waals surface area (Å²) in [5.41, 5.74) is 3.47. The van der Waals surface area contributed by atoms with Crippen LogP contribution in [0.5, 0.6) is 0 Å². The molecule has 0 amide bonds. The van der Waals surface area contributed by atoms with Gasteiger partial charge in [0.2, 0.25) is 0 Å². The van der Waals surface area contributed by atoms with Crippen molar-refractivity contribution in [2.24, 2.45) is 4.99 Å². The van der Waals surface area contributed by atoms with Crippen LogP contribution >= 0.6 is 11.8 Å². The van der Waals surface area contributed by atoms with Crippen molar-refractivity contribution in [3.63, 3.8) is 0 Å². The van der Waals surface area contributed by atoms with Crippen LogP contribution in [0.2, 0.25) is 0 Å². The summed E-state index contributed by atoms with van der Waals surface area (Å²) in [7, 11) is 0. The van der Waals surface area contributed by atoms with Gasteiger partial charge in [-0.15, -0.1) is 11.8 Å². The Kier molecular flexibility index (Phi) is 4.47. The first-order valence-electron chi connectivity index (χ1n) is 4.56. The number of benzene rings is 1. The standard InChI is InChI=1S/C12H15NS/c1-4-13-12(9-14-3)11-7-5-10(2)6-8-11/h4-9H,1-3H3/b12-9-,13-4?. The van der Waals surface area contributed by atoms with Gasteiger partial charge in [-0.3, -0.25) is 4.99 Å². The van der Waals surface area contributed by atoms with E-state index >= 15 is 0 Å². The van der Waals surface area contributed by atoms with E-state index in [0.717, 1.165) is 5.70 Å². The first-order chi connectivity index (χ1) is 6.77. The summed E-state index contributed by atoms with van der Waals surface area (Å²) in [4.78, 5) is 4.33. The Labute approximate surface area is 89.9 Å². The molecule has 1 rings (SSSR count). The first-order valence-corrected chi connectivity index (χ1v) is 5.85. The molecule has 0 aliphatic rings. The normalized spacial score (nSPS) is 12.4. The summed E-state index contributed by atoms with van der Waals surface area (Å²) in [6.07, 6.45) is 3.86. The van der Waals surface area contributed by atoms with Gasteiger partial charge in [0.15, 0.2) is 0 Å². The average Bonchev–Trinajstić information content (AvgIpc) is 2.19. The summed E-state index contributed by atoms with van der Waals surface area (Å²) in [5, 5.41) is 2.06. The Morgan fingerprint density at radius 1 is 1.29 bits per heavy atom. The third-order valence-corrected chi connectivity index (χ3v) is 2.30. The van der Waals surface area contributed by atoms with E-state index in [0.29, 0.717) is 0 Å². The molecule has 1 nitrogen and oxygen atoms in total. The predicted molar refractivity (Wildman–Crippen MR) is 66.8 cm³/mol. The molecule has 0 aliphatic carbocycles. The van der Waals surface area contributed by atoms with Gasteiger partial charge in [0.25, 0.3) is 0 Å². The predicted octanol–water partition coefficient (Wildman–Crippen LogP) is 3.75. The molecule has 0 bridgehead atoms. The van der Waals surface area contributed by atoms with Gasteiger partial charge in [-0.05, 0) is 25.5 Å². The van der Waals surface area contributed by atoms with Crippen LogP contribution < -0.4 is 0 Å². The van der Waals surface area contributed by atoms with E-state index in [1.165, 1.54) is 11.1 Å². The molecular formula is C12H15NS. The molecular weight excluding hydrogens is 190 g/mol. The molecule has 0 heterocycles. The summed E-state index contributed by atoms with van der Waals surface area (Å²) in [5.74, 6) is 0. The quantitative estimate of drug-likeness (QED) is 0.685. The van der Waals surface area contributed by atoms with Crippen molar-refractivity contribution < 1.29 is 0 Å². The van der Waals surface area contributed by atoms with Gasteiger partial charge in [0.1, 0.15) is 0 Å². The molecule has 0 atom stereocenters. The number of rotatable bonds is 3. The van der Waals surface area contributed by atoms with Crippen LogP contribution in [0.3, 0.4) is 0 Å². The maximum atomic E-state index is 4.33. The maximum Gasteiger partial charge on any atom is 0.0760 e. The zero-order valence-corrected chi connectivity index (χ0v) is 9.64. The molecule has 0 fully saturated rings. The molecule has 1 aromatic carbocycles. The smallest absolute Gasteiger partial charge is 0.0760 e. The van der Waals surface area contributed by atoms with Crippen LogP contribution in [0.1, 0.15) is 18.1 Å². The SMILES string of the molecule is CC=N/C(=C\SC)c1ccc(C)cc1. The van der Waals surface area contributed by atoms with Gasteiger partial charge in [0.05, 0.1) is 5.70 Å². The molecule has 14 heavy (non-hydrogen) atoms. The first kappa shape index (κ1) is 11.1. The molecule has 0 aliphatic heterocycles. The zero-order valence-electron chi connectivity index (χ0n) is 8.82. The summed E-state index contributed by atoms with van der Waals surface area (Å²) in [6.45, 7) is 4.02. The highest BCUT2D eigenvalue weighted by atomic mass is 32.2. The van der Waals surface area contributed by atoms with Crippen molar-refractivity contribution in [2.75, 3.05) is 6.26 Å². The van der Waals surface area contributed by atoms with Crippen molar-refractivity contribution in [3.05, 3.63) is 40.8 Å². The lowest BCUT2D eigenvalue weighted by Gasteiger charge is -2.01. The lowest BCUT2D eigenvalue weighted by Crippen LogP contribution is -1.81. The summed E-state index contributed by atoms with van der Waals surface area (Å²) < 4.78 is 0. The van der Waals surface area contributed by atoms with Crippen molar-refractivity contribution in [3.8, 4) is 0 Å². The zero-order chi connectivity index (χ0) is 10.4. The van der Waals surface area contributed by atoms with Crippen LogP contribution in [0, 0.1) is 6.92 Å². The topological polar surface area (TPSA) is 12.4 Å². The average molecular weight is 205 g/mol. The minimum atomic E-state index is 1.03. The third-order valence-electron chi connectivity index (χ3n) is 1.84. The minimum Gasteiger partial charge on any atom is -0.260 e. The number of aryl methyl sites for hydroxylation is 1. The van der Waals surface area contributed by atoms with Crippen molar-refractivity contribution in [2.45, 2.75) is 13.8 Å². The van der Waals surface area contributed by atoms with Crippen LogP contribution in [0.25, 0.3) is 5.70 Å². The number of hydrogen-bond donors (Lipinski definition) is 0. The van der Waals surface area contributed by atoms with E-state index in [-0.39, 0.29) is 0 Å². The van der Waals surface area contributed by atoms with Gasteiger partial charge in [-0.1, -0.05) is 29.8 Å². The highest BCUT2D eigenvalue weighted by Crippen LogP contribution is 2.19. The lowest BCUT2D eigenvalue weighted by atomic mass is 10.1. The van der Waals surface area contributed by atoms with Crippen LogP contribution in [-0.2, 0) is 0 Å². The Bertz CT molecular complexity index is 336. The van der Waals surface area contributed by atoms with Gasteiger partial charge in [0, 0.05) is 11.8 Å². The van der Waals surface area contributed by atoms with Crippen molar-refractivity contribution in [1.82, 2.24) is 0 Å². The minimum absolute atomic E-state index is 1.03. The Morgan fingerprint density at radius 2 is 1.93 bits per heavy atom. The second-order valence-electron chi connectivity index (χ2n) is 2.99. The molecule has 0 aromatic heterocycles. The second-order valence-corrected chi connectivity index (χ2v) is 3.70. The molecule has 74 valence electrons. The fourth-order valence-electron chi connectivity index (χ4n) is 1.15. The van der Waals surface area contributed by atoms with Gasteiger partial charge < -0.3 is 0 Å². The third kappa shape index (κ3) is 3.04. The van der Waals surface area contributed by atoms with E-state index in [9.17, 15) is 0 Å². The van der Waals surface area contributed by atoms with Crippen molar-refractivity contribution in [1.29, 1.82) is 0 Å². The number of hydrogen-bond acceptors (Lipinski definition) is 2. The molecule has 0 spiro atoms. The van der Waals surface area contributed by atoms with Gasteiger partial charge in [-0.2, -0.15) is 0 Å². The number of nitrogens with zero attached hydrogens (tertiary/aromatic N) is 1. The highest BCUT2D eigenvalue weighted by Gasteiger charge is 1.97. The van der Waals surface area contributed by atoms with E-state index in [1.807, 2.05) is 19.4 Å². The fraction of sp³-hybridized carbons (Fsp3) is 0.250. The van der Waals surface area contributed by atoms with E-state index in [4.69, 9.17) is 0 Å². The lowest BCUT2D eigenvalue weighted by molar-refractivity contribution is 1.43. The van der Waals surface area contributed by atoms with E-state index < -0.39 is 0 Å². The second kappa shape index (κ2) is 5.66. The Hall–Kier alpha value is -1.02. The monoisotopic (exact) mass is 205 g/mol. The molecule has 0 N–H and O–H groups in total. The number of aliphatic imine (C=N–C) groups is 1. The van der Waals surface area contributed by atoms with Gasteiger partial charge in [-0.25, -0.2) is 0 Å². The van der Waals surface area contributed by atoms with Gasteiger partial charge >= 0.3 is 0 Å². The maximum absolute atomic E-state index is 4.33. The highest BCUT2D eigenvalue weighted by molar-refractivity contribution is 8.01. The molecule has 0 saturated carbocycles. The van der Waals surface area contributed by atoms with Crippen molar-refractivity contribution >= 4 is 23.7 Å². The summed E-state index contributed by atoms with van der Waals surface area (Å²) in [6, 6.07) is 8.41. The molecule has 1 aromatic rings. The molecule has 0 saturated heterocycles. The summed E-state index contributed by atoms with van der Waals surface area (Å²) >= 11 is 1.67. The Morgan fingerprint density at radius 3 is 2.43 bits per heavy atom. The van der Waals surface area contributed by atoms with Crippen LogP contribution in [0.15, 0.2) is 34.7 Å². The molecule has 0 radical (unpaired) electrons. The number of thioether (sulfide) groups is 1. The Balaban J connectivity index is 3.00. The molecule has 2 heteroatoms.